The minimum absolute atomic E-state index is 0.0542. The molecule has 0 radical (unpaired) electrons. The van der Waals surface area contributed by atoms with Crippen LogP contribution < -0.4 is 14.2 Å². The molecule has 1 aromatic carbocycles. The lowest BCUT2D eigenvalue weighted by atomic mass is 9.78. The summed E-state index contributed by atoms with van der Waals surface area (Å²) in [7, 11) is -3.80. The third-order valence-corrected chi connectivity index (χ3v) is 17.3. The van der Waals surface area contributed by atoms with Crippen molar-refractivity contribution in [3.63, 3.8) is 0 Å². The molecule has 2 aromatic heterocycles. The normalized spacial score (nSPS) is 28.3. The van der Waals surface area contributed by atoms with Gasteiger partial charge in [-0.05, 0) is 74.8 Å². The maximum Gasteiger partial charge on any atom is 0.240 e. The van der Waals surface area contributed by atoms with Crippen LogP contribution in [0.2, 0.25) is 5.02 Å². The number of pyridine rings is 1. The zero-order chi connectivity index (χ0) is 43.3. The molecule has 0 unspecified atom stereocenters. The molecule has 6 aliphatic rings. The summed E-state index contributed by atoms with van der Waals surface area (Å²) < 4.78 is 52.6. The molecule has 1 N–H and O–H groups in total. The first-order valence-corrected chi connectivity index (χ1v) is 25.3. The number of carbonyl (C=O) groups is 3. The standard InChI is InChI=1S/C45H58ClN5O9S2/c1-4-28-23-45(28,44(54)49-62(55,56)29-5-6-29)24-36(52)35-22-39(34-9-7-30(43(53)51(34)35)27-11-16-57-17-12-27)60-38-21-32(42-48-33(25-61-42)26(2)3)47-41-31(38)8-10-37(40(41)46)59-20-15-50-13-18-58-19-14-50/h8,10,21,25-30,34-35,39H,4-7,9,11-20,22-24H2,1-3H3,(H,49,54)/t28-,30-,34-,35+,39-,45-/m1/s1. The molecule has 6 atom stereocenters. The molecule has 9 rings (SSSR count). The number of fused-ring (bicyclic) bond motifs is 2. The van der Waals surface area contributed by atoms with Gasteiger partial charge in [0.15, 0.2) is 5.78 Å². The SMILES string of the molecule is CC[C@@H]1C[C@]1(CC(=O)[C@@H]1C[C@@H](Oc2cc(-c3nc(C(C)C)cs3)nc3c(Cl)c(OCCN4CCOCC4)ccc23)[C@H]2CC[C@H](C3CCOCC3)C(=O)N21)C(=O)NS(=O)(=O)C1CC1. The van der Waals surface area contributed by atoms with E-state index in [0.717, 1.165) is 38.2 Å². The summed E-state index contributed by atoms with van der Waals surface area (Å²) in [6.45, 7) is 11.6. The second kappa shape index (κ2) is 17.9. The Hall–Kier alpha value is -3.41. The van der Waals surface area contributed by atoms with Crippen molar-refractivity contribution in [2.24, 2.45) is 23.2 Å². The first-order valence-electron chi connectivity index (χ1n) is 22.5. The number of carbonyl (C=O) groups excluding carboxylic acids is 3. The Balaban J connectivity index is 1.03. The van der Waals surface area contributed by atoms with Crippen LogP contribution in [-0.4, -0.2) is 122 Å². The van der Waals surface area contributed by atoms with Crippen molar-refractivity contribution in [1.29, 1.82) is 0 Å². The average molecular weight is 913 g/mol. The quantitative estimate of drug-likeness (QED) is 0.169. The van der Waals surface area contributed by atoms with Gasteiger partial charge in [-0.15, -0.1) is 11.3 Å². The Morgan fingerprint density at radius 1 is 1.03 bits per heavy atom. The highest BCUT2D eigenvalue weighted by atomic mass is 35.5. The Labute approximate surface area is 372 Å². The molecule has 6 fully saturated rings. The number of ether oxygens (including phenoxy) is 4. The van der Waals surface area contributed by atoms with Crippen LogP contribution in [0, 0.1) is 23.2 Å². The Morgan fingerprint density at radius 2 is 1.79 bits per heavy atom. The van der Waals surface area contributed by atoms with Crippen LogP contribution in [0.3, 0.4) is 0 Å². The van der Waals surface area contributed by atoms with E-state index in [0.29, 0.717) is 110 Å². The zero-order valence-electron chi connectivity index (χ0n) is 35.8. The molecule has 17 heteroatoms. The summed E-state index contributed by atoms with van der Waals surface area (Å²) in [6, 6.07) is 4.38. The maximum atomic E-state index is 14.8. The van der Waals surface area contributed by atoms with Crippen molar-refractivity contribution in [2.75, 3.05) is 52.7 Å². The number of aromatic nitrogens is 2. The first-order chi connectivity index (χ1) is 29.9. The molecule has 4 aliphatic heterocycles. The average Bonchev–Trinajstić information content (AvgIpc) is 4.16. The molecule has 2 aliphatic carbocycles. The number of piperidine rings is 1. The van der Waals surface area contributed by atoms with Crippen molar-refractivity contribution in [3.05, 3.63) is 34.3 Å². The van der Waals surface area contributed by atoms with Gasteiger partial charge < -0.3 is 23.8 Å². The van der Waals surface area contributed by atoms with Crippen molar-refractivity contribution < 1.29 is 41.7 Å². The Bertz CT molecular complexity index is 2290. The Morgan fingerprint density at radius 3 is 2.48 bits per heavy atom. The molecule has 4 saturated heterocycles. The number of ketones is 1. The van der Waals surface area contributed by atoms with Gasteiger partial charge in [-0.3, -0.25) is 24.0 Å². The lowest BCUT2D eigenvalue weighted by molar-refractivity contribution is -0.150. The number of hydrogen-bond acceptors (Lipinski definition) is 13. The first kappa shape index (κ1) is 43.8. The second-order valence-electron chi connectivity index (χ2n) is 18.5. The fourth-order valence-corrected chi connectivity index (χ4v) is 12.8. The number of sulfonamides is 1. The lowest BCUT2D eigenvalue weighted by Gasteiger charge is -2.42. The van der Waals surface area contributed by atoms with Crippen LogP contribution in [-0.2, 0) is 33.9 Å². The van der Waals surface area contributed by atoms with E-state index in [1.807, 2.05) is 30.5 Å². The van der Waals surface area contributed by atoms with Gasteiger partial charge in [0.2, 0.25) is 21.8 Å². The highest BCUT2D eigenvalue weighted by molar-refractivity contribution is 7.90. The summed E-state index contributed by atoms with van der Waals surface area (Å²) in [5.74, 6) is 0.130. The highest BCUT2D eigenvalue weighted by Gasteiger charge is 2.62. The van der Waals surface area contributed by atoms with Gasteiger partial charge in [-0.25, -0.2) is 18.4 Å². The third-order valence-electron chi connectivity index (χ3n) is 14.2. The predicted molar refractivity (Wildman–Crippen MR) is 235 cm³/mol. The van der Waals surface area contributed by atoms with Gasteiger partial charge >= 0.3 is 0 Å². The third kappa shape index (κ3) is 8.72. The van der Waals surface area contributed by atoms with Crippen LogP contribution in [0.1, 0.15) is 96.6 Å². The summed E-state index contributed by atoms with van der Waals surface area (Å²) in [5.41, 5.74) is 0.913. The monoisotopic (exact) mass is 911 g/mol. The maximum absolute atomic E-state index is 14.8. The molecule has 6 heterocycles. The number of thiazole rings is 1. The molecule has 62 heavy (non-hydrogen) atoms. The van der Waals surface area contributed by atoms with E-state index in [4.69, 9.17) is 40.5 Å². The predicted octanol–water partition coefficient (Wildman–Crippen LogP) is 6.38. The van der Waals surface area contributed by atoms with E-state index < -0.39 is 44.8 Å². The Kier molecular flexibility index (Phi) is 12.6. The van der Waals surface area contributed by atoms with Crippen molar-refractivity contribution in [2.45, 2.75) is 114 Å². The van der Waals surface area contributed by atoms with Gasteiger partial charge in [0.25, 0.3) is 0 Å². The summed E-state index contributed by atoms with van der Waals surface area (Å²) in [4.78, 5) is 57.4. The van der Waals surface area contributed by atoms with Crippen LogP contribution in [0.4, 0.5) is 0 Å². The molecule has 2 saturated carbocycles. The van der Waals surface area contributed by atoms with E-state index in [2.05, 4.69) is 23.5 Å². The van der Waals surface area contributed by atoms with Crippen LogP contribution in [0.5, 0.6) is 11.5 Å². The fraction of sp³-hybridized carbons (Fsp3) is 0.667. The number of hydrogen-bond donors (Lipinski definition) is 1. The van der Waals surface area contributed by atoms with E-state index in [1.165, 1.54) is 11.3 Å². The second-order valence-corrected chi connectivity index (χ2v) is 21.6. The van der Waals surface area contributed by atoms with Crippen molar-refractivity contribution in [1.82, 2.24) is 24.5 Å². The van der Waals surface area contributed by atoms with Crippen molar-refractivity contribution >= 4 is 61.5 Å². The number of halogens is 1. The molecule has 14 nitrogen and oxygen atoms in total. The minimum atomic E-state index is -3.80. The zero-order valence-corrected chi connectivity index (χ0v) is 38.2. The number of Topliss-reactive ketones (excluding diaryl/α,β-unsaturated/α-hetero) is 1. The minimum Gasteiger partial charge on any atom is -0.491 e. The number of rotatable bonds is 16. The van der Waals surface area contributed by atoms with E-state index >= 15 is 0 Å². The van der Waals surface area contributed by atoms with E-state index in [1.54, 1.807) is 4.90 Å². The molecule has 0 bridgehead atoms. The molecule has 3 aromatic rings. The molecular formula is C45H58ClN5O9S2. The van der Waals surface area contributed by atoms with Crippen LogP contribution >= 0.6 is 22.9 Å². The van der Waals surface area contributed by atoms with Gasteiger partial charge in [0.05, 0.1) is 47.2 Å². The molecular weight excluding hydrogens is 854 g/mol. The topological polar surface area (TPSA) is 167 Å². The largest absolute Gasteiger partial charge is 0.491 e. The number of nitrogens with zero attached hydrogens (tertiary/aromatic N) is 4. The van der Waals surface area contributed by atoms with Gasteiger partial charge in [0.1, 0.15) is 39.9 Å². The highest BCUT2D eigenvalue weighted by Crippen LogP contribution is 2.58. The summed E-state index contributed by atoms with van der Waals surface area (Å²) in [5, 5.41) is 3.20. The fourth-order valence-electron chi connectivity index (χ4n) is 10.3. The van der Waals surface area contributed by atoms with Crippen molar-refractivity contribution in [3.8, 4) is 22.2 Å². The van der Waals surface area contributed by atoms with Crippen LogP contribution in [0.15, 0.2) is 23.6 Å². The van der Waals surface area contributed by atoms with Crippen LogP contribution in [0.25, 0.3) is 21.6 Å². The number of nitrogens with one attached hydrogen (secondary N) is 1. The van der Waals surface area contributed by atoms with Gasteiger partial charge in [-0.2, -0.15) is 0 Å². The number of amides is 2. The molecule has 0 spiro atoms. The lowest BCUT2D eigenvalue weighted by Crippen LogP contribution is -2.54. The summed E-state index contributed by atoms with van der Waals surface area (Å²) in [6.07, 6.45) is 4.53. The summed E-state index contributed by atoms with van der Waals surface area (Å²) >= 11 is 8.65. The van der Waals surface area contributed by atoms with Gasteiger partial charge in [0, 0.05) is 68.4 Å². The van der Waals surface area contributed by atoms with Gasteiger partial charge in [-0.1, -0.05) is 38.8 Å². The van der Waals surface area contributed by atoms with E-state index in [9.17, 15) is 22.8 Å². The molecule has 2 amide bonds. The van der Waals surface area contributed by atoms with E-state index in [-0.39, 0.29) is 48.2 Å². The number of benzene rings is 1. The number of morpholine rings is 1. The molecule has 336 valence electrons. The smallest absolute Gasteiger partial charge is 0.240 e.